The van der Waals surface area contributed by atoms with Gasteiger partial charge >= 0.3 is 11.7 Å². The molecule has 2 heterocycles. The van der Waals surface area contributed by atoms with Crippen molar-refractivity contribution >= 4 is 17.0 Å². The number of hydrogen-bond donors (Lipinski definition) is 3. The summed E-state index contributed by atoms with van der Waals surface area (Å²) < 4.78 is 5.85. The molecule has 8 nitrogen and oxygen atoms in total. The third kappa shape index (κ3) is 2.38. The van der Waals surface area contributed by atoms with E-state index in [0.717, 1.165) is 0 Å². The number of H-pyrrole nitrogens is 3. The van der Waals surface area contributed by atoms with Gasteiger partial charge in [0.15, 0.2) is 0 Å². The minimum atomic E-state index is -0.436. The van der Waals surface area contributed by atoms with Gasteiger partial charge in [-0.1, -0.05) is 0 Å². The first-order valence-corrected chi connectivity index (χ1v) is 6.17. The van der Waals surface area contributed by atoms with Crippen molar-refractivity contribution in [1.82, 2.24) is 19.7 Å². The average Bonchev–Trinajstić information content (AvgIpc) is 2.99. The Kier molecular flexibility index (Phi) is 2.98. The zero-order valence-electron chi connectivity index (χ0n) is 11.1. The van der Waals surface area contributed by atoms with Crippen LogP contribution in [0.3, 0.4) is 0 Å². The van der Waals surface area contributed by atoms with Gasteiger partial charge in [0.05, 0.1) is 30.3 Å². The Hall–Kier alpha value is -3.03. The lowest BCUT2D eigenvalue weighted by molar-refractivity contribution is -0.139. The molecule has 0 unspecified atom stereocenters. The molecule has 1 aromatic carbocycles. The van der Waals surface area contributed by atoms with Crippen LogP contribution < -0.4 is 11.2 Å². The van der Waals surface area contributed by atoms with Crippen LogP contribution in [0.25, 0.3) is 16.7 Å². The number of hydrogen-bond acceptors (Lipinski definition) is 4. The number of carbonyl (C=O) groups is 1. The van der Waals surface area contributed by atoms with Crippen molar-refractivity contribution in [3.63, 3.8) is 0 Å². The third-order valence-corrected chi connectivity index (χ3v) is 3.09. The highest BCUT2D eigenvalue weighted by Gasteiger charge is 2.10. The largest absolute Gasteiger partial charge is 0.469 e. The zero-order chi connectivity index (χ0) is 15.0. The highest BCUT2D eigenvalue weighted by atomic mass is 16.5. The third-order valence-electron chi connectivity index (χ3n) is 3.09. The molecule has 3 rings (SSSR count). The molecule has 8 heteroatoms. The standard InChI is InChI=1S/C13H12N4O4/c1-21-12(19)5-7-4-11(18)17(16-7)8-2-3-9-10(6-8)15-13(20)14-9/h2-4,6,16H,5H2,1H3,(H2,14,15,20). The van der Waals surface area contributed by atoms with Crippen LogP contribution in [0.5, 0.6) is 0 Å². The van der Waals surface area contributed by atoms with Crippen molar-refractivity contribution in [2.45, 2.75) is 6.42 Å². The highest BCUT2D eigenvalue weighted by molar-refractivity contribution is 5.76. The van der Waals surface area contributed by atoms with E-state index in [1.165, 1.54) is 17.9 Å². The molecule has 0 bridgehead atoms. The lowest BCUT2D eigenvalue weighted by Gasteiger charge is -2.02. The molecule has 0 fully saturated rings. The Balaban J connectivity index is 2.03. The van der Waals surface area contributed by atoms with Crippen LogP contribution in [0.15, 0.2) is 33.9 Å². The maximum atomic E-state index is 12.0. The summed E-state index contributed by atoms with van der Waals surface area (Å²) in [5.41, 5.74) is 1.64. The topological polar surface area (TPSA) is 113 Å². The van der Waals surface area contributed by atoms with E-state index in [1.54, 1.807) is 18.2 Å². The van der Waals surface area contributed by atoms with E-state index in [1.807, 2.05) is 0 Å². The zero-order valence-corrected chi connectivity index (χ0v) is 11.1. The Morgan fingerprint density at radius 1 is 1.19 bits per heavy atom. The van der Waals surface area contributed by atoms with E-state index in [9.17, 15) is 14.4 Å². The molecule has 21 heavy (non-hydrogen) atoms. The van der Waals surface area contributed by atoms with E-state index in [0.29, 0.717) is 22.4 Å². The summed E-state index contributed by atoms with van der Waals surface area (Å²) in [7, 11) is 1.29. The van der Waals surface area contributed by atoms with Gasteiger partial charge in [0.1, 0.15) is 0 Å². The summed E-state index contributed by atoms with van der Waals surface area (Å²) in [5.74, 6) is -0.436. The number of benzene rings is 1. The Morgan fingerprint density at radius 2 is 1.95 bits per heavy atom. The first-order valence-electron chi connectivity index (χ1n) is 6.17. The van der Waals surface area contributed by atoms with Crippen LogP contribution in [-0.4, -0.2) is 32.8 Å². The number of carbonyl (C=O) groups excluding carboxylic acids is 1. The van der Waals surface area contributed by atoms with Gasteiger partial charge in [0, 0.05) is 11.8 Å². The second-order valence-electron chi connectivity index (χ2n) is 4.52. The van der Waals surface area contributed by atoms with E-state index >= 15 is 0 Å². The number of imidazole rings is 1. The molecule has 0 aliphatic heterocycles. The van der Waals surface area contributed by atoms with Gasteiger partial charge in [-0.15, -0.1) is 0 Å². The maximum Gasteiger partial charge on any atom is 0.323 e. The van der Waals surface area contributed by atoms with Gasteiger partial charge in [0.25, 0.3) is 5.56 Å². The fraction of sp³-hybridized carbons (Fsp3) is 0.154. The summed E-state index contributed by atoms with van der Waals surface area (Å²) in [4.78, 5) is 39.6. The van der Waals surface area contributed by atoms with Crippen LogP contribution >= 0.6 is 0 Å². The van der Waals surface area contributed by atoms with Gasteiger partial charge < -0.3 is 14.7 Å². The number of aromatic nitrogens is 4. The van der Waals surface area contributed by atoms with Crippen molar-refractivity contribution in [2.75, 3.05) is 7.11 Å². The molecule has 0 radical (unpaired) electrons. The molecule has 0 atom stereocenters. The molecule has 0 amide bonds. The van der Waals surface area contributed by atoms with Crippen molar-refractivity contribution in [3.05, 3.63) is 50.8 Å². The summed E-state index contributed by atoms with van der Waals surface area (Å²) >= 11 is 0. The predicted octanol–water partition coefficient (Wildman–Crippen LogP) is 0.0507. The lowest BCUT2D eigenvalue weighted by atomic mass is 10.3. The number of methoxy groups -OCH3 is 1. The van der Waals surface area contributed by atoms with Crippen molar-refractivity contribution in [1.29, 1.82) is 0 Å². The molecular weight excluding hydrogens is 276 g/mol. The SMILES string of the molecule is COC(=O)Cc1cc(=O)n(-c2ccc3[nH]c(=O)[nH]c3c2)[nH]1. The second-order valence-corrected chi connectivity index (χ2v) is 4.52. The van der Waals surface area contributed by atoms with Crippen molar-refractivity contribution < 1.29 is 9.53 Å². The van der Waals surface area contributed by atoms with E-state index in [-0.39, 0.29) is 17.7 Å². The number of nitrogens with zero attached hydrogens (tertiary/aromatic N) is 1. The Labute approximate surface area is 117 Å². The minimum Gasteiger partial charge on any atom is -0.469 e. The van der Waals surface area contributed by atoms with Crippen LogP contribution in [-0.2, 0) is 16.0 Å². The molecule has 0 spiro atoms. The number of fused-ring (bicyclic) bond motifs is 1. The fourth-order valence-corrected chi connectivity index (χ4v) is 2.11. The number of esters is 1. The lowest BCUT2D eigenvalue weighted by Crippen LogP contribution is -2.13. The highest BCUT2D eigenvalue weighted by Crippen LogP contribution is 2.12. The number of aromatic amines is 3. The summed E-state index contributed by atoms with van der Waals surface area (Å²) in [6.07, 6.45) is -0.0119. The molecular formula is C13H12N4O4. The summed E-state index contributed by atoms with van der Waals surface area (Å²) in [5, 5.41) is 2.84. The smallest absolute Gasteiger partial charge is 0.323 e. The number of nitrogens with one attached hydrogen (secondary N) is 3. The van der Waals surface area contributed by atoms with Gasteiger partial charge in [-0.2, -0.15) is 0 Å². The van der Waals surface area contributed by atoms with Gasteiger partial charge in [-0.3, -0.25) is 14.7 Å². The molecule has 108 valence electrons. The Bertz CT molecular complexity index is 927. The van der Waals surface area contributed by atoms with Crippen LogP contribution in [0.1, 0.15) is 5.69 Å². The summed E-state index contributed by atoms with van der Waals surface area (Å²) in [6.45, 7) is 0. The molecule has 3 N–H and O–H groups in total. The summed E-state index contributed by atoms with van der Waals surface area (Å²) in [6, 6.07) is 6.37. The quantitative estimate of drug-likeness (QED) is 0.591. The van der Waals surface area contributed by atoms with Gasteiger partial charge in [0.2, 0.25) is 0 Å². The number of ether oxygens (including phenoxy) is 1. The van der Waals surface area contributed by atoms with Crippen molar-refractivity contribution in [3.8, 4) is 5.69 Å². The first kappa shape index (κ1) is 13.0. The van der Waals surface area contributed by atoms with Gasteiger partial charge in [-0.05, 0) is 18.2 Å². The van der Waals surface area contributed by atoms with Crippen molar-refractivity contribution in [2.24, 2.45) is 0 Å². The first-order chi connectivity index (χ1) is 10.1. The minimum absolute atomic E-state index is 0.0119. The molecule has 3 aromatic rings. The molecule has 0 saturated carbocycles. The normalized spacial score (nSPS) is 10.9. The number of rotatable bonds is 3. The fourth-order valence-electron chi connectivity index (χ4n) is 2.11. The van der Waals surface area contributed by atoms with E-state index < -0.39 is 5.97 Å². The Morgan fingerprint density at radius 3 is 2.71 bits per heavy atom. The van der Waals surface area contributed by atoms with Gasteiger partial charge in [-0.25, -0.2) is 9.48 Å². The average molecular weight is 288 g/mol. The molecule has 0 aliphatic rings. The van der Waals surface area contributed by atoms with E-state index in [2.05, 4.69) is 19.8 Å². The molecule has 0 aliphatic carbocycles. The van der Waals surface area contributed by atoms with Crippen LogP contribution in [0.4, 0.5) is 0 Å². The molecule has 0 saturated heterocycles. The van der Waals surface area contributed by atoms with Crippen LogP contribution in [0.2, 0.25) is 0 Å². The molecule has 2 aromatic heterocycles. The second kappa shape index (κ2) is 4.82. The van der Waals surface area contributed by atoms with E-state index in [4.69, 9.17) is 0 Å². The predicted molar refractivity (Wildman–Crippen MR) is 74.6 cm³/mol. The maximum absolute atomic E-state index is 12.0. The van der Waals surface area contributed by atoms with Crippen LogP contribution in [0, 0.1) is 0 Å². The monoisotopic (exact) mass is 288 g/mol.